The topological polar surface area (TPSA) is 46.9 Å². The molecule has 2 aromatic carbocycles. The molecule has 9 heteroatoms. The lowest BCUT2D eigenvalue weighted by Gasteiger charge is -2.10. The van der Waals surface area contributed by atoms with Crippen LogP contribution in [-0.2, 0) is 13.0 Å². The van der Waals surface area contributed by atoms with Crippen molar-refractivity contribution >= 4 is 11.6 Å². The highest BCUT2D eigenvalue weighted by Crippen LogP contribution is 2.26. The maximum absolute atomic E-state index is 14.0. The van der Waals surface area contributed by atoms with E-state index in [1.54, 1.807) is 19.1 Å². The van der Waals surface area contributed by atoms with Crippen LogP contribution in [0.25, 0.3) is 0 Å². The van der Waals surface area contributed by atoms with Crippen molar-refractivity contribution in [1.82, 2.24) is 9.78 Å². The number of carbonyl (C=O) groups excluding carboxylic acids is 1. The van der Waals surface area contributed by atoms with Crippen molar-refractivity contribution in [1.29, 1.82) is 0 Å². The van der Waals surface area contributed by atoms with Crippen molar-refractivity contribution in [2.75, 3.05) is 5.32 Å². The largest absolute Gasteiger partial charge is 0.319 e. The molecule has 0 spiro atoms. The lowest BCUT2D eigenvalue weighted by molar-refractivity contribution is 0.102. The number of nitrogens with zero attached hydrogens (tertiary/aromatic N) is 2. The Bertz CT molecular complexity index is 1090. The third-order valence-corrected chi connectivity index (χ3v) is 4.85. The number of nitrogens with one attached hydrogen (secondary N) is 1. The number of hydrogen-bond acceptors (Lipinski definition) is 2. The third-order valence-electron chi connectivity index (χ3n) is 4.85. The Morgan fingerprint density at radius 3 is 2.00 bits per heavy atom. The van der Waals surface area contributed by atoms with Gasteiger partial charge in [-0.1, -0.05) is 19.1 Å². The number of halogens is 5. The van der Waals surface area contributed by atoms with E-state index in [1.165, 1.54) is 6.92 Å². The molecule has 0 aliphatic rings. The van der Waals surface area contributed by atoms with Gasteiger partial charge in [0.15, 0.2) is 23.3 Å². The van der Waals surface area contributed by atoms with E-state index < -0.39 is 47.1 Å². The first-order valence-electron chi connectivity index (χ1n) is 9.10. The molecule has 0 unspecified atom stereocenters. The number of amides is 1. The summed E-state index contributed by atoms with van der Waals surface area (Å²) in [6.07, 6.45) is 0.824. The highest BCUT2D eigenvalue weighted by molar-refractivity contribution is 6.04. The molecule has 0 fully saturated rings. The molecule has 1 aromatic heterocycles. The molecule has 4 nitrogen and oxygen atoms in total. The normalized spacial score (nSPS) is 11.1. The van der Waals surface area contributed by atoms with E-state index in [0.29, 0.717) is 22.6 Å². The molecule has 3 aromatic rings. The molecule has 158 valence electrons. The van der Waals surface area contributed by atoms with Crippen LogP contribution in [0.2, 0.25) is 0 Å². The van der Waals surface area contributed by atoms with Gasteiger partial charge >= 0.3 is 0 Å². The van der Waals surface area contributed by atoms with Crippen LogP contribution >= 0.6 is 0 Å². The SMILES string of the molecule is CCc1ccc(C(=O)Nc2c(C)nn(Cc3c(F)c(F)c(F)c(F)c3F)c2C)cc1. The molecular formula is C21H18F5N3O. The number of hydrogen-bond donors (Lipinski definition) is 1. The van der Waals surface area contributed by atoms with Crippen molar-refractivity contribution < 1.29 is 26.7 Å². The minimum Gasteiger partial charge on any atom is -0.319 e. The molecule has 30 heavy (non-hydrogen) atoms. The van der Waals surface area contributed by atoms with Gasteiger partial charge < -0.3 is 5.32 Å². The molecule has 0 saturated carbocycles. The molecular weight excluding hydrogens is 405 g/mol. The number of aromatic nitrogens is 2. The first kappa shape index (κ1) is 21.5. The Kier molecular flexibility index (Phi) is 5.91. The summed E-state index contributed by atoms with van der Waals surface area (Å²) < 4.78 is 69.2. The second-order valence-electron chi connectivity index (χ2n) is 6.76. The first-order chi connectivity index (χ1) is 14.1. The summed E-state index contributed by atoms with van der Waals surface area (Å²) in [5.74, 6) is -10.5. The van der Waals surface area contributed by atoms with Crippen molar-refractivity contribution in [2.24, 2.45) is 0 Å². The fourth-order valence-corrected chi connectivity index (χ4v) is 3.05. The molecule has 0 atom stereocenters. The Labute approximate surface area is 169 Å². The van der Waals surface area contributed by atoms with Crippen molar-refractivity contribution in [3.63, 3.8) is 0 Å². The van der Waals surface area contributed by atoms with E-state index >= 15 is 0 Å². The molecule has 1 N–H and O–H groups in total. The zero-order chi connectivity index (χ0) is 22.2. The minimum absolute atomic E-state index is 0.295. The van der Waals surface area contributed by atoms with Crippen molar-refractivity contribution in [3.05, 3.63) is 81.4 Å². The molecule has 1 heterocycles. The smallest absolute Gasteiger partial charge is 0.255 e. The summed E-state index contributed by atoms with van der Waals surface area (Å²) in [5, 5.41) is 6.76. The zero-order valence-electron chi connectivity index (χ0n) is 16.4. The van der Waals surface area contributed by atoms with Gasteiger partial charge in [0.1, 0.15) is 0 Å². The zero-order valence-corrected chi connectivity index (χ0v) is 16.4. The average Bonchev–Trinajstić information content (AvgIpc) is 3.01. The van der Waals surface area contributed by atoms with Crippen LogP contribution in [0.3, 0.4) is 0 Å². The summed E-state index contributed by atoms with van der Waals surface area (Å²) in [6, 6.07) is 6.97. The number of benzene rings is 2. The summed E-state index contributed by atoms with van der Waals surface area (Å²) in [5.41, 5.74) is 1.38. The van der Waals surface area contributed by atoms with Gasteiger partial charge in [-0.25, -0.2) is 22.0 Å². The number of aryl methyl sites for hydroxylation is 2. The average molecular weight is 423 g/mol. The third kappa shape index (κ3) is 3.79. The lowest BCUT2D eigenvalue weighted by Crippen LogP contribution is -2.14. The van der Waals surface area contributed by atoms with Gasteiger partial charge in [0.05, 0.1) is 29.2 Å². The standard InChI is InChI=1S/C21H18F5N3O/c1-4-12-5-7-13(8-6-12)21(30)27-20-10(2)28-29(11(20)3)9-14-15(22)17(24)19(26)18(25)16(14)23/h5-8H,4,9H2,1-3H3,(H,27,30). The summed E-state index contributed by atoms with van der Waals surface area (Å²) in [4.78, 5) is 12.5. The second kappa shape index (κ2) is 8.25. The van der Waals surface area contributed by atoms with E-state index in [2.05, 4.69) is 10.4 Å². The van der Waals surface area contributed by atoms with E-state index in [1.807, 2.05) is 19.1 Å². The molecule has 0 aliphatic heterocycles. The highest BCUT2D eigenvalue weighted by Gasteiger charge is 2.27. The molecule has 0 bridgehead atoms. The van der Waals surface area contributed by atoms with Gasteiger partial charge in [0.25, 0.3) is 5.91 Å². The van der Waals surface area contributed by atoms with E-state index in [9.17, 15) is 26.7 Å². The van der Waals surface area contributed by atoms with Gasteiger partial charge in [0, 0.05) is 5.56 Å². The Morgan fingerprint density at radius 1 is 0.933 bits per heavy atom. The van der Waals surface area contributed by atoms with Crippen LogP contribution in [0.15, 0.2) is 24.3 Å². The van der Waals surface area contributed by atoms with Gasteiger partial charge in [-0.2, -0.15) is 5.10 Å². The van der Waals surface area contributed by atoms with E-state index in [-0.39, 0.29) is 0 Å². The Hall–Kier alpha value is -3.23. The molecule has 0 radical (unpaired) electrons. The lowest BCUT2D eigenvalue weighted by atomic mass is 10.1. The number of rotatable bonds is 5. The maximum Gasteiger partial charge on any atom is 0.255 e. The first-order valence-corrected chi connectivity index (χ1v) is 9.10. The maximum atomic E-state index is 14.0. The summed E-state index contributed by atoms with van der Waals surface area (Å²) in [6.45, 7) is 4.36. The second-order valence-corrected chi connectivity index (χ2v) is 6.76. The molecule has 0 saturated heterocycles. The molecule has 1 amide bonds. The Morgan fingerprint density at radius 2 is 1.47 bits per heavy atom. The Balaban J connectivity index is 1.90. The minimum atomic E-state index is -2.22. The predicted octanol–water partition coefficient (Wildman–Crippen LogP) is 5.06. The van der Waals surface area contributed by atoms with Gasteiger partial charge in [-0.15, -0.1) is 0 Å². The molecule has 0 aliphatic carbocycles. The van der Waals surface area contributed by atoms with Crippen LogP contribution in [0.1, 0.15) is 39.8 Å². The van der Waals surface area contributed by atoms with E-state index in [4.69, 9.17) is 0 Å². The summed E-state index contributed by atoms with van der Waals surface area (Å²) >= 11 is 0. The molecule has 3 rings (SSSR count). The monoisotopic (exact) mass is 423 g/mol. The van der Waals surface area contributed by atoms with Gasteiger partial charge in [0.2, 0.25) is 5.82 Å². The number of anilines is 1. The van der Waals surface area contributed by atoms with Crippen LogP contribution in [0.4, 0.5) is 27.6 Å². The van der Waals surface area contributed by atoms with Crippen LogP contribution < -0.4 is 5.32 Å². The highest BCUT2D eigenvalue weighted by atomic mass is 19.2. The fraction of sp³-hybridized carbons (Fsp3) is 0.238. The van der Waals surface area contributed by atoms with Crippen molar-refractivity contribution in [2.45, 2.75) is 33.7 Å². The predicted molar refractivity (Wildman–Crippen MR) is 101 cm³/mol. The fourth-order valence-electron chi connectivity index (χ4n) is 3.05. The van der Waals surface area contributed by atoms with Crippen molar-refractivity contribution in [3.8, 4) is 0 Å². The summed E-state index contributed by atoms with van der Waals surface area (Å²) in [7, 11) is 0. The quantitative estimate of drug-likeness (QED) is 0.354. The van der Waals surface area contributed by atoms with E-state index in [0.717, 1.165) is 16.7 Å². The van der Waals surface area contributed by atoms with Crippen LogP contribution in [0, 0.1) is 42.9 Å². The van der Waals surface area contributed by atoms with Crippen LogP contribution in [-0.4, -0.2) is 15.7 Å². The number of carbonyl (C=O) groups is 1. The van der Waals surface area contributed by atoms with Gasteiger partial charge in [-0.05, 0) is 38.0 Å². The van der Waals surface area contributed by atoms with Gasteiger partial charge in [-0.3, -0.25) is 9.48 Å². The van der Waals surface area contributed by atoms with Crippen LogP contribution in [0.5, 0.6) is 0 Å².